The minimum absolute atomic E-state index is 0.108. The topological polar surface area (TPSA) is 66.5 Å². The zero-order chi connectivity index (χ0) is 19.4. The monoisotopic (exact) mass is 373 g/mol. The number of carbonyl (C=O) groups excluding carboxylic acids is 1. The minimum Gasteiger partial charge on any atom is -0.472 e. The molecule has 0 saturated heterocycles. The van der Waals surface area contributed by atoms with Gasteiger partial charge in [-0.25, -0.2) is 0 Å². The average Bonchev–Trinajstić information content (AvgIpc) is 3.27. The van der Waals surface area contributed by atoms with Crippen LogP contribution in [0.15, 0.2) is 29.1 Å². The quantitative estimate of drug-likeness (QED) is 0.767. The van der Waals surface area contributed by atoms with Crippen LogP contribution in [0.1, 0.15) is 37.7 Å². The molecule has 2 aromatic heterocycles. The Labute approximate surface area is 161 Å². The minimum atomic E-state index is -0.125. The molecule has 0 bridgehead atoms. The number of carbonyl (C=O) groups is 1. The van der Waals surface area contributed by atoms with Gasteiger partial charge in [0.25, 0.3) is 0 Å². The van der Waals surface area contributed by atoms with Gasteiger partial charge < -0.3 is 9.73 Å². The van der Waals surface area contributed by atoms with Crippen LogP contribution >= 0.6 is 0 Å². The normalized spacial score (nSPS) is 15.9. The van der Waals surface area contributed by atoms with Crippen molar-refractivity contribution in [2.24, 2.45) is 5.92 Å². The highest BCUT2D eigenvalue weighted by molar-refractivity contribution is 5.81. The second kappa shape index (κ2) is 8.71. The molecule has 3 heterocycles. The van der Waals surface area contributed by atoms with E-state index >= 15 is 0 Å². The van der Waals surface area contributed by atoms with Crippen molar-refractivity contribution >= 4 is 5.91 Å². The number of nitrogens with one attached hydrogen (secondary N) is 1. The summed E-state index contributed by atoms with van der Waals surface area (Å²) in [6.45, 7) is 11.0. The van der Waals surface area contributed by atoms with E-state index in [1.165, 1.54) is 5.69 Å². The van der Waals surface area contributed by atoms with Crippen molar-refractivity contribution in [3.8, 4) is 0 Å². The molecular formula is C20H31N5O2. The number of furan rings is 1. The molecule has 1 aliphatic heterocycles. The lowest BCUT2D eigenvalue weighted by Crippen LogP contribution is -2.48. The Hall–Kier alpha value is -2.12. The molecule has 7 nitrogen and oxygen atoms in total. The predicted molar refractivity (Wildman–Crippen MR) is 104 cm³/mol. The fourth-order valence-electron chi connectivity index (χ4n) is 3.40. The molecule has 0 aliphatic carbocycles. The van der Waals surface area contributed by atoms with Crippen LogP contribution in [0.2, 0.25) is 0 Å². The summed E-state index contributed by atoms with van der Waals surface area (Å²) < 4.78 is 7.21. The first-order valence-electron chi connectivity index (χ1n) is 9.69. The van der Waals surface area contributed by atoms with Gasteiger partial charge in [-0.2, -0.15) is 5.10 Å². The second-order valence-electron chi connectivity index (χ2n) is 7.94. The Bertz CT molecular complexity index is 738. The van der Waals surface area contributed by atoms with Gasteiger partial charge in [-0.3, -0.25) is 19.3 Å². The Morgan fingerprint density at radius 3 is 2.85 bits per heavy atom. The predicted octanol–water partition coefficient (Wildman–Crippen LogP) is 2.08. The molecule has 0 spiro atoms. The summed E-state index contributed by atoms with van der Waals surface area (Å²) in [6.07, 6.45) is 3.48. The maximum Gasteiger partial charge on any atom is 0.237 e. The van der Waals surface area contributed by atoms with Crippen LogP contribution in [-0.4, -0.2) is 51.7 Å². The average molecular weight is 374 g/mol. The maximum absolute atomic E-state index is 12.4. The van der Waals surface area contributed by atoms with Crippen LogP contribution in [0.25, 0.3) is 0 Å². The molecule has 3 rings (SSSR count). The summed E-state index contributed by atoms with van der Waals surface area (Å²) in [5.41, 5.74) is 3.40. The number of amides is 1. The summed E-state index contributed by atoms with van der Waals surface area (Å²) in [5, 5.41) is 7.78. The number of rotatable bonds is 8. The van der Waals surface area contributed by atoms with Crippen molar-refractivity contribution in [3.05, 3.63) is 41.6 Å². The van der Waals surface area contributed by atoms with Gasteiger partial charge >= 0.3 is 0 Å². The van der Waals surface area contributed by atoms with Gasteiger partial charge in [0.15, 0.2) is 0 Å². The van der Waals surface area contributed by atoms with Crippen molar-refractivity contribution < 1.29 is 9.21 Å². The van der Waals surface area contributed by atoms with E-state index in [1.807, 2.05) is 13.0 Å². The number of hydrogen-bond donors (Lipinski definition) is 1. The summed E-state index contributed by atoms with van der Waals surface area (Å²) in [7, 11) is 2.08. The number of fused-ring (bicyclic) bond motifs is 1. The van der Waals surface area contributed by atoms with Gasteiger partial charge in [0.2, 0.25) is 5.91 Å². The summed E-state index contributed by atoms with van der Waals surface area (Å²) in [5.74, 6) is 0.572. The van der Waals surface area contributed by atoms with Crippen molar-refractivity contribution in [1.29, 1.82) is 0 Å². The molecular weight excluding hydrogens is 342 g/mol. The zero-order valence-corrected chi connectivity index (χ0v) is 16.8. The molecule has 1 atom stereocenters. The highest BCUT2D eigenvalue weighted by Gasteiger charge is 2.26. The van der Waals surface area contributed by atoms with E-state index in [1.54, 1.807) is 12.5 Å². The molecule has 0 radical (unpaired) electrons. The van der Waals surface area contributed by atoms with E-state index in [0.29, 0.717) is 5.92 Å². The summed E-state index contributed by atoms with van der Waals surface area (Å²) >= 11 is 0. The Balaban J connectivity index is 1.56. The van der Waals surface area contributed by atoms with Crippen LogP contribution in [0, 0.1) is 5.92 Å². The van der Waals surface area contributed by atoms with E-state index in [9.17, 15) is 4.79 Å². The third kappa shape index (κ3) is 5.20. The van der Waals surface area contributed by atoms with Gasteiger partial charge in [-0.1, -0.05) is 13.8 Å². The van der Waals surface area contributed by atoms with Gasteiger partial charge in [-0.15, -0.1) is 0 Å². The maximum atomic E-state index is 12.4. The number of hydrogen-bond acceptors (Lipinski definition) is 5. The molecule has 27 heavy (non-hydrogen) atoms. The SMILES string of the molecule is CC(C)CNC(=O)[C@H](C)N1CCn2nc(CN(C)Cc3ccoc3)cc2C1. The number of aromatic nitrogens is 2. The lowest BCUT2D eigenvalue weighted by molar-refractivity contribution is -0.126. The molecule has 148 valence electrons. The molecule has 1 amide bonds. The van der Waals surface area contributed by atoms with Crippen molar-refractivity contribution in [2.45, 2.75) is 53.0 Å². The molecule has 0 aromatic carbocycles. The van der Waals surface area contributed by atoms with Crippen LogP contribution < -0.4 is 5.32 Å². The van der Waals surface area contributed by atoms with E-state index in [2.05, 4.69) is 46.8 Å². The molecule has 0 unspecified atom stereocenters. The van der Waals surface area contributed by atoms with E-state index in [4.69, 9.17) is 9.52 Å². The van der Waals surface area contributed by atoms with Gasteiger partial charge in [0.05, 0.1) is 36.5 Å². The molecule has 7 heteroatoms. The lowest BCUT2D eigenvalue weighted by atomic mass is 10.2. The molecule has 0 fully saturated rings. The first kappa shape index (κ1) is 19.6. The molecule has 1 aliphatic rings. The Kier molecular flexibility index (Phi) is 6.34. The van der Waals surface area contributed by atoms with E-state index in [0.717, 1.165) is 50.5 Å². The first-order chi connectivity index (χ1) is 12.9. The van der Waals surface area contributed by atoms with Crippen molar-refractivity contribution in [3.63, 3.8) is 0 Å². The van der Waals surface area contributed by atoms with E-state index < -0.39 is 0 Å². The third-order valence-corrected chi connectivity index (χ3v) is 4.95. The highest BCUT2D eigenvalue weighted by Crippen LogP contribution is 2.17. The van der Waals surface area contributed by atoms with Crippen molar-refractivity contribution in [1.82, 2.24) is 24.9 Å². The number of nitrogens with zero attached hydrogens (tertiary/aromatic N) is 4. The Morgan fingerprint density at radius 2 is 2.15 bits per heavy atom. The molecule has 0 saturated carbocycles. The zero-order valence-electron chi connectivity index (χ0n) is 16.8. The van der Waals surface area contributed by atoms with Gasteiger partial charge in [0.1, 0.15) is 0 Å². The summed E-state index contributed by atoms with van der Waals surface area (Å²) in [6, 6.07) is 4.02. The first-order valence-corrected chi connectivity index (χ1v) is 9.69. The highest BCUT2D eigenvalue weighted by atomic mass is 16.3. The smallest absolute Gasteiger partial charge is 0.237 e. The fraction of sp³-hybridized carbons (Fsp3) is 0.600. The van der Waals surface area contributed by atoms with Crippen molar-refractivity contribution in [2.75, 3.05) is 20.1 Å². The Morgan fingerprint density at radius 1 is 1.33 bits per heavy atom. The van der Waals surface area contributed by atoms with Crippen LogP contribution in [0.5, 0.6) is 0 Å². The molecule has 1 N–H and O–H groups in total. The second-order valence-corrected chi connectivity index (χ2v) is 7.94. The largest absolute Gasteiger partial charge is 0.472 e. The van der Waals surface area contributed by atoms with Gasteiger partial charge in [-0.05, 0) is 32.0 Å². The van der Waals surface area contributed by atoms with Crippen LogP contribution in [0.3, 0.4) is 0 Å². The third-order valence-electron chi connectivity index (χ3n) is 4.95. The molecule has 2 aromatic rings. The standard InChI is InChI=1S/C20H31N5O2/c1-15(2)10-21-20(26)16(3)24-6-7-25-19(13-24)9-18(22-25)12-23(4)11-17-5-8-27-14-17/h5,8-9,14-16H,6-7,10-13H2,1-4H3,(H,21,26)/t16-/m0/s1. The summed E-state index contributed by atoms with van der Waals surface area (Å²) in [4.78, 5) is 16.8. The van der Waals surface area contributed by atoms with Crippen LogP contribution in [-0.2, 0) is 31.0 Å². The van der Waals surface area contributed by atoms with Crippen LogP contribution in [0.4, 0.5) is 0 Å². The fourth-order valence-corrected chi connectivity index (χ4v) is 3.40. The van der Waals surface area contributed by atoms with E-state index in [-0.39, 0.29) is 11.9 Å². The lowest BCUT2D eigenvalue weighted by Gasteiger charge is -2.32. The van der Waals surface area contributed by atoms with Gasteiger partial charge in [0, 0.05) is 38.3 Å².